The lowest BCUT2D eigenvalue weighted by molar-refractivity contribution is -0.125. The van der Waals surface area contributed by atoms with Crippen LogP contribution in [0.1, 0.15) is 53.4 Å². The minimum absolute atomic E-state index is 0.0165. The number of phenolic OH excluding ortho intramolecular Hbond substituents is 1. The number of hydrogen-bond acceptors (Lipinski definition) is 6. The highest BCUT2D eigenvalue weighted by Crippen LogP contribution is 2.65. The van der Waals surface area contributed by atoms with Crippen LogP contribution in [0.2, 0.25) is 0 Å². The highest BCUT2D eigenvalue weighted by molar-refractivity contribution is 7.54. The molecule has 7 nitrogen and oxygen atoms in total. The maximum absolute atomic E-state index is 13.8. The highest BCUT2D eigenvalue weighted by Gasteiger charge is 2.67. The number of carbonyl (C=O) groups is 1. The topological polar surface area (TPSA) is 97.2 Å². The van der Waals surface area contributed by atoms with Crippen molar-refractivity contribution in [3.05, 3.63) is 36.9 Å². The predicted molar refractivity (Wildman–Crippen MR) is 127 cm³/mol. The van der Waals surface area contributed by atoms with E-state index >= 15 is 0 Å². The van der Waals surface area contributed by atoms with Crippen LogP contribution < -0.4 is 5.32 Å². The lowest BCUT2D eigenvalue weighted by Crippen LogP contribution is -2.47. The Morgan fingerprint density at radius 3 is 2.56 bits per heavy atom. The van der Waals surface area contributed by atoms with E-state index in [4.69, 9.17) is 14.0 Å². The predicted octanol–water partition coefficient (Wildman–Crippen LogP) is 5.77. The molecule has 0 heterocycles. The molecule has 0 aromatic heterocycles. The molecule has 0 unspecified atom stereocenters. The van der Waals surface area contributed by atoms with Gasteiger partial charge in [-0.2, -0.15) is 0 Å². The number of fused-ring (bicyclic) bond motifs is 2. The first kappa shape index (κ1) is 24.7. The van der Waals surface area contributed by atoms with E-state index in [2.05, 4.69) is 25.7 Å². The summed E-state index contributed by atoms with van der Waals surface area (Å²) < 4.78 is 24.7. The zero-order chi connectivity index (χ0) is 23.6. The van der Waals surface area contributed by atoms with Crippen molar-refractivity contribution in [1.29, 1.82) is 0 Å². The number of anilines is 1. The number of nitrogens with one attached hydrogen (secondary N) is 1. The first-order valence-corrected chi connectivity index (χ1v) is 12.9. The molecule has 3 rings (SSSR count). The molecule has 32 heavy (non-hydrogen) atoms. The number of aliphatic imine (C=N–C) groups is 1. The summed E-state index contributed by atoms with van der Waals surface area (Å²) >= 11 is 0. The summed E-state index contributed by atoms with van der Waals surface area (Å²) in [5, 5.41) is 13.1. The smallest absolute Gasteiger partial charge is 0.355 e. The van der Waals surface area contributed by atoms with Crippen LogP contribution in [0.25, 0.3) is 0 Å². The van der Waals surface area contributed by atoms with Crippen LogP contribution in [0.15, 0.2) is 41.9 Å². The van der Waals surface area contributed by atoms with Crippen LogP contribution >= 0.6 is 7.60 Å². The number of phenols is 1. The fraction of sp³-hybridized carbons (Fsp3) is 0.583. The Labute approximate surface area is 190 Å². The number of para-hydroxylation sites is 2. The Kier molecular flexibility index (Phi) is 7.33. The average Bonchev–Trinajstić information content (AvgIpc) is 3.12. The van der Waals surface area contributed by atoms with Crippen LogP contribution in [0.3, 0.4) is 0 Å². The number of amides is 1. The third-order valence-corrected chi connectivity index (χ3v) is 9.42. The van der Waals surface area contributed by atoms with E-state index in [1.54, 1.807) is 44.2 Å². The van der Waals surface area contributed by atoms with Gasteiger partial charge >= 0.3 is 7.60 Å². The van der Waals surface area contributed by atoms with Gasteiger partial charge in [0.15, 0.2) is 5.78 Å². The summed E-state index contributed by atoms with van der Waals surface area (Å²) in [7, 11) is -3.53. The largest absolute Gasteiger partial charge is 0.506 e. The zero-order valence-corrected chi connectivity index (χ0v) is 20.4. The molecule has 0 radical (unpaired) electrons. The number of nitrogens with zero attached hydrogens (tertiary/aromatic N) is 1. The van der Waals surface area contributed by atoms with Crippen molar-refractivity contribution in [1.82, 2.24) is 0 Å². The number of rotatable bonds is 10. The second-order valence-electron chi connectivity index (χ2n) is 8.99. The van der Waals surface area contributed by atoms with Crippen LogP contribution in [0.5, 0.6) is 5.75 Å². The molecule has 1 amide bonds. The SMILES string of the molecule is C=CC[C@@H](/N=C1\C[C@H]2CC[C@]1(C(=O)Nc1ccccc1O)C2(C)C)P(=O)(OCC)OCC. The zero-order valence-electron chi connectivity index (χ0n) is 19.5. The van der Waals surface area contributed by atoms with Crippen LogP contribution in [-0.2, 0) is 18.4 Å². The minimum Gasteiger partial charge on any atom is -0.506 e. The normalized spacial score (nSPS) is 26.2. The van der Waals surface area contributed by atoms with Crippen molar-refractivity contribution in [3.8, 4) is 5.75 Å². The molecule has 2 bridgehead atoms. The number of carbonyl (C=O) groups excluding carboxylic acids is 1. The summed E-state index contributed by atoms with van der Waals surface area (Å²) in [5.74, 6) is -0.634. The van der Waals surface area contributed by atoms with E-state index in [1.807, 2.05) is 0 Å². The van der Waals surface area contributed by atoms with Gasteiger partial charge in [0, 0.05) is 5.71 Å². The van der Waals surface area contributed by atoms with Gasteiger partial charge in [0.25, 0.3) is 0 Å². The van der Waals surface area contributed by atoms with E-state index in [1.165, 1.54) is 0 Å². The van der Waals surface area contributed by atoms with Crippen molar-refractivity contribution >= 4 is 24.9 Å². The van der Waals surface area contributed by atoms with Gasteiger partial charge in [0.05, 0.1) is 24.3 Å². The fourth-order valence-corrected chi connectivity index (χ4v) is 7.19. The molecule has 0 spiro atoms. The van der Waals surface area contributed by atoms with Gasteiger partial charge in [-0.3, -0.25) is 14.4 Å². The maximum Gasteiger partial charge on any atom is 0.355 e. The fourth-order valence-electron chi connectivity index (χ4n) is 5.36. The van der Waals surface area contributed by atoms with Gasteiger partial charge in [0.1, 0.15) is 5.75 Å². The van der Waals surface area contributed by atoms with Crippen LogP contribution in [0.4, 0.5) is 5.69 Å². The Balaban J connectivity index is 2.05. The summed E-state index contributed by atoms with van der Waals surface area (Å²) in [5.41, 5.74) is -0.0874. The third kappa shape index (κ3) is 4.07. The first-order valence-electron chi connectivity index (χ1n) is 11.3. The van der Waals surface area contributed by atoms with Gasteiger partial charge in [-0.25, -0.2) is 0 Å². The van der Waals surface area contributed by atoms with Crippen LogP contribution in [0, 0.1) is 16.7 Å². The second-order valence-corrected chi connectivity index (χ2v) is 11.2. The molecule has 2 aliphatic carbocycles. The van der Waals surface area contributed by atoms with Gasteiger partial charge in [0.2, 0.25) is 5.91 Å². The Hall–Kier alpha value is -1.95. The molecule has 2 aliphatic rings. The minimum atomic E-state index is -3.53. The van der Waals surface area contributed by atoms with Crippen molar-refractivity contribution in [3.63, 3.8) is 0 Å². The van der Waals surface area contributed by atoms with Crippen molar-refractivity contribution < 1.29 is 23.5 Å². The number of hydrogen-bond donors (Lipinski definition) is 2. The summed E-state index contributed by atoms with van der Waals surface area (Å²) in [6.07, 6.45) is 4.21. The first-order chi connectivity index (χ1) is 15.2. The van der Waals surface area contributed by atoms with Gasteiger partial charge in [-0.15, -0.1) is 6.58 Å². The molecule has 3 atom stereocenters. The molecular formula is C24H35N2O5P. The molecule has 1 aromatic carbocycles. The molecule has 176 valence electrons. The Bertz CT molecular complexity index is 934. The summed E-state index contributed by atoms with van der Waals surface area (Å²) in [6, 6.07) is 6.69. The van der Waals surface area contributed by atoms with Gasteiger partial charge < -0.3 is 19.5 Å². The molecule has 0 saturated heterocycles. The number of aromatic hydroxyl groups is 1. The van der Waals surface area contributed by atoms with E-state index in [-0.39, 0.29) is 30.3 Å². The molecule has 0 aliphatic heterocycles. The second kappa shape index (κ2) is 9.50. The van der Waals surface area contributed by atoms with Crippen molar-refractivity contribution in [2.45, 2.75) is 59.2 Å². The molecule has 1 aromatic rings. The van der Waals surface area contributed by atoms with Crippen molar-refractivity contribution in [2.24, 2.45) is 21.7 Å². The summed E-state index contributed by atoms with van der Waals surface area (Å²) in [6.45, 7) is 12.0. The van der Waals surface area contributed by atoms with Crippen LogP contribution in [-0.4, -0.2) is 35.7 Å². The van der Waals surface area contributed by atoms with E-state index in [0.717, 1.165) is 12.1 Å². The lowest BCUT2D eigenvalue weighted by Gasteiger charge is -2.37. The maximum atomic E-state index is 13.8. The molecule has 2 fully saturated rings. The van der Waals surface area contributed by atoms with E-state index in [0.29, 0.717) is 30.9 Å². The molecule has 8 heteroatoms. The molecule has 2 saturated carbocycles. The van der Waals surface area contributed by atoms with E-state index in [9.17, 15) is 14.5 Å². The molecular weight excluding hydrogens is 427 g/mol. The van der Waals surface area contributed by atoms with Gasteiger partial charge in [-0.05, 0) is 63.0 Å². The monoisotopic (exact) mass is 462 g/mol. The Morgan fingerprint density at radius 2 is 2.00 bits per heavy atom. The quantitative estimate of drug-likeness (QED) is 0.261. The Morgan fingerprint density at radius 1 is 1.34 bits per heavy atom. The highest BCUT2D eigenvalue weighted by atomic mass is 31.2. The van der Waals surface area contributed by atoms with Gasteiger partial charge in [-0.1, -0.05) is 32.1 Å². The summed E-state index contributed by atoms with van der Waals surface area (Å²) in [4.78, 5) is 18.7. The number of benzene rings is 1. The third-order valence-electron chi connectivity index (χ3n) is 7.13. The standard InChI is InChI=1S/C24H35N2O5P/c1-6-11-21(32(29,30-7-2)31-8-3)26-20-16-17-14-15-24(20,23(17,4)5)22(28)25-18-12-9-10-13-19(18)27/h6,9-10,12-13,17,21,27H,1,7-8,11,14-16H2,2-5H3,(H,25,28)/b26-20+/t17-,21+,24+/m1/s1. The average molecular weight is 463 g/mol. The lowest BCUT2D eigenvalue weighted by atomic mass is 9.68. The molecule has 2 N–H and O–H groups in total. The van der Waals surface area contributed by atoms with E-state index < -0.39 is 18.8 Å². The van der Waals surface area contributed by atoms with Crippen molar-refractivity contribution in [2.75, 3.05) is 18.5 Å².